The molecule has 0 aliphatic carbocycles. The van der Waals surface area contributed by atoms with Gasteiger partial charge in [-0.05, 0) is 42.7 Å². The number of amides is 3. The lowest BCUT2D eigenvalue weighted by Crippen LogP contribution is -2.40. The molecule has 2 heterocycles. The molecule has 33 heavy (non-hydrogen) atoms. The third-order valence-electron chi connectivity index (χ3n) is 5.75. The predicted octanol–water partition coefficient (Wildman–Crippen LogP) is 3.67. The monoisotopic (exact) mass is 450 g/mol. The second-order valence-corrected chi connectivity index (χ2v) is 7.97. The van der Waals surface area contributed by atoms with Gasteiger partial charge in [0.05, 0.1) is 14.2 Å². The SMILES string of the molecule is CCCc1ccc(C2(C)NC(=O)N(Cc3nc(-c4ccc(OC)c(OC)c4)no3)C2=O)cc1. The molecule has 1 aromatic heterocycles. The van der Waals surface area contributed by atoms with Crippen LogP contribution in [0.5, 0.6) is 11.5 Å². The van der Waals surface area contributed by atoms with E-state index in [1.54, 1.807) is 32.2 Å². The fourth-order valence-corrected chi connectivity index (χ4v) is 3.88. The lowest BCUT2D eigenvalue weighted by atomic mass is 9.91. The summed E-state index contributed by atoms with van der Waals surface area (Å²) in [5.74, 6) is 1.18. The van der Waals surface area contributed by atoms with Gasteiger partial charge in [0.2, 0.25) is 11.7 Å². The Hall–Kier alpha value is -3.88. The third-order valence-corrected chi connectivity index (χ3v) is 5.75. The van der Waals surface area contributed by atoms with Gasteiger partial charge in [-0.3, -0.25) is 9.69 Å². The first-order valence-corrected chi connectivity index (χ1v) is 10.7. The molecule has 0 bridgehead atoms. The summed E-state index contributed by atoms with van der Waals surface area (Å²) in [6, 6.07) is 12.5. The van der Waals surface area contributed by atoms with Crippen LogP contribution in [0.1, 0.15) is 37.3 Å². The molecule has 0 spiro atoms. The Balaban J connectivity index is 1.53. The molecule has 9 nitrogen and oxygen atoms in total. The number of hydrogen-bond donors (Lipinski definition) is 1. The molecule has 3 amide bonds. The molecule has 2 aromatic carbocycles. The summed E-state index contributed by atoms with van der Waals surface area (Å²) in [4.78, 5) is 31.3. The Labute approximate surface area is 191 Å². The van der Waals surface area contributed by atoms with Crippen molar-refractivity contribution in [3.63, 3.8) is 0 Å². The molecule has 1 saturated heterocycles. The predicted molar refractivity (Wildman–Crippen MR) is 120 cm³/mol. The summed E-state index contributed by atoms with van der Waals surface area (Å²) >= 11 is 0. The van der Waals surface area contributed by atoms with E-state index in [4.69, 9.17) is 14.0 Å². The Morgan fingerprint density at radius 2 is 1.79 bits per heavy atom. The minimum absolute atomic E-state index is 0.130. The number of methoxy groups -OCH3 is 2. The van der Waals surface area contributed by atoms with Gasteiger partial charge in [-0.1, -0.05) is 42.8 Å². The van der Waals surface area contributed by atoms with Crippen molar-refractivity contribution >= 4 is 11.9 Å². The van der Waals surface area contributed by atoms with Gasteiger partial charge in [-0.25, -0.2) is 4.79 Å². The summed E-state index contributed by atoms with van der Waals surface area (Å²) in [5, 5.41) is 6.78. The van der Waals surface area contributed by atoms with Crippen LogP contribution in [0.4, 0.5) is 4.79 Å². The minimum Gasteiger partial charge on any atom is -0.493 e. The number of nitrogens with one attached hydrogen (secondary N) is 1. The number of hydrogen-bond acceptors (Lipinski definition) is 7. The van der Waals surface area contributed by atoms with Crippen molar-refractivity contribution in [2.24, 2.45) is 0 Å². The number of urea groups is 1. The average Bonchev–Trinajstić information content (AvgIpc) is 3.38. The fraction of sp³-hybridized carbons (Fsp3) is 0.333. The number of rotatable bonds is 8. The Kier molecular flexibility index (Phi) is 6.04. The van der Waals surface area contributed by atoms with E-state index in [-0.39, 0.29) is 18.3 Å². The first-order valence-electron chi connectivity index (χ1n) is 10.7. The lowest BCUT2D eigenvalue weighted by molar-refractivity contribution is -0.131. The van der Waals surface area contributed by atoms with Crippen molar-refractivity contribution in [2.75, 3.05) is 14.2 Å². The maximum absolute atomic E-state index is 13.2. The van der Waals surface area contributed by atoms with Crippen LogP contribution in [-0.2, 0) is 23.3 Å². The van der Waals surface area contributed by atoms with Crippen LogP contribution in [0.3, 0.4) is 0 Å². The summed E-state index contributed by atoms with van der Waals surface area (Å²) in [6.45, 7) is 3.68. The number of carbonyl (C=O) groups is 2. The zero-order chi connectivity index (χ0) is 23.6. The molecule has 1 aliphatic heterocycles. The van der Waals surface area contributed by atoms with Crippen molar-refractivity contribution < 1.29 is 23.6 Å². The molecule has 1 aliphatic rings. The average molecular weight is 450 g/mol. The number of benzene rings is 2. The fourth-order valence-electron chi connectivity index (χ4n) is 3.88. The van der Waals surface area contributed by atoms with Gasteiger partial charge in [-0.2, -0.15) is 4.98 Å². The van der Waals surface area contributed by atoms with E-state index >= 15 is 0 Å². The van der Waals surface area contributed by atoms with E-state index in [2.05, 4.69) is 22.4 Å². The van der Waals surface area contributed by atoms with Gasteiger partial charge in [0.15, 0.2) is 11.5 Å². The van der Waals surface area contributed by atoms with E-state index in [1.165, 1.54) is 12.7 Å². The van der Waals surface area contributed by atoms with E-state index in [0.29, 0.717) is 22.9 Å². The van der Waals surface area contributed by atoms with Gasteiger partial charge in [0.1, 0.15) is 12.1 Å². The normalized spacial score (nSPS) is 17.9. The summed E-state index contributed by atoms with van der Waals surface area (Å²) in [5.41, 5.74) is 1.40. The topological polar surface area (TPSA) is 107 Å². The molecule has 3 aromatic rings. The van der Waals surface area contributed by atoms with Gasteiger partial charge < -0.3 is 19.3 Å². The van der Waals surface area contributed by atoms with Crippen LogP contribution < -0.4 is 14.8 Å². The first kappa shape index (κ1) is 22.3. The van der Waals surface area contributed by atoms with Crippen LogP contribution in [0.15, 0.2) is 47.0 Å². The number of nitrogens with zero attached hydrogens (tertiary/aromatic N) is 3. The smallest absolute Gasteiger partial charge is 0.325 e. The Morgan fingerprint density at radius 1 is 1.06 bits per heavy atom. The van der Waals surface area contributed by atoms with Crippen molar-refractivity contribution in [1.82, 2.24) is 20.4 Å². The number of imide groups is 1. The van der Waals surface area contributed by atoms with E-state index < -0.39 is 11.6 Å². The summed E-state index contributed by atoms with van der Waals surface area (Å²) in [6.07, 6.45) is 2.00. The molecule has 1 N–H and O–H groups in total. The zero-order valence-corrected chi connectivity index (χ0v) is 19.0. The molecule has 172 valence electrons. The van der Waals surface area contributed by atoms with E-state index in [9.17, 15) is 9.59 Å². The largest absolute Gasteiger partial charge is 0.493 e. The molecule has 1 unspecified atom stereocenters. The van der Waals surface area contributed by atoms with Crippen molar-refractivity contribution in [2.45, 2.75) is 38.8 Å². The number of aryl methyl sites for hydroxylation is 1. The van der Waals surface area contributed by atoms with Gasteiger partial charge in [0.25, 0.3) is 5.91 Å². The van der Waals surface area contributed by atoms with Crippen LogP contribution in [0, 0.1) is 0 Å². The maximum atomic E-state index is 13.2. The van der Waals surface area contributed by atoms with Gasteiger partial charge in [-0.15, -0.1) is 0 Å². The third kappa shape index (κ3) is 4.13. The van der Waals surface area contributed by atoms with Crippen LogP contribution in [-0.4, -0.2) is 41.2 Å². The number of carbonyl (C=O) groups excluding carboxylic acids is 2. The molecule has 0 radical (unpaired) electrons. The van der Waals surface area contributed by atoms with Crippen molar-refractivity contribution in [3.8, 4) is 22.9 Å². The quantitative estimate of drug-likeness (QED) is 0.522. The lowest BCUT2D eigenvalue weighted by Gasteiger charge is -2.22. The Morgan fingerprint density at radius 3 is 2.45 bits per heavy atom. The second kappa shape index (κ2) is 8.93. The molecular weight excluding hydrogens is 424 g/mol. The molecule has 0 saturated carbocycles. The van der Waals surface area contributed by atoms with Gasteiger partial charge in [0, 0.05) is 5.56 Å². The van der Waals surface area contributed by atoms with Crippen LogP contribution in [0.2, 0.25) is 0 Å². The highest BCUT2D eigenvalue weighted by Crippen LogP contribution is 2.32. The number of ether oxygens (including phenoxy) is 2. The molecule has 9 heteroatoms. The molecular formula is C24H26N4O5. The molecule has 1 atom stereocenters. The first-order chi connectivity index (χ1) is 15.9. The highest BCUT2D eigenvalue weighted by atomic mass is 16.5. The van der Waals surface area contributed by atoms with Crippen LogP contribution in [0.25, 0.3) is 11.4 Å². The number of aromatic nitrogens is 2. The highest BCUT2D eigenvalue weighted by Gasteiger charge is 2.49. The van der Waals surface area contributed by atoms with E-state index in [0.717, 1.165) is 23.3 Å². The molecule has 1 fully saturated rings. The minimum atomic E-state index is -1.16. The zero-order valence-electron chi connectivity index (χ0n) is 19.0. The summed E-state index contributed by atoms with van der Waals surface area (Å²) < 4.78 is 15.9. The molecule has 4 rings (SSSR count). The van der Waals surface area contributed by atoms with Crippen LogP contribution >= 0.6 is 0 Å². The standard InChI is InChI=1S/C24H26N4O5/c1-5-6-15-7-10-17(11-8-15)24(2)22(29)28(23(30)26-24)14-20-25-21(27-33-20)16-9-12-18(31-3)19(13-16)32-4/h7-13H,5-6,14H2,1-4H3,(H,26,30). The highest BCUT2D eigenvalue weighted by molar-refractivity contribution is 6.07. The second-order valence-electron chi connectivity index (χ2n) is 7.97. The van der Waals surface area contributed by atoms with Crippen molar-refractivity contribution in [1.29, 1.82) is 0 Å². The van der Waals surface area contributed by atoms with Gasteiger partial charge >= 0.3 is 6.03 Å². The van der Waals surface area contributed by atoms with E-state index in [1.807, 2.05) is 24.3 Å². The summed E-state index contributed by atoms with van der Waals surface area (Å²) in [7, 11) is 3.09. The maximum Gasteiger partial charge on any atom is 0.325 e. The van der Waals surface area contributed by atoms with Crippen molar-refractivity contribution in [3.05, 3.63) is 59.5 Å². The Bertz CT molecular complexity index is 1170.